The summed E-state index contributed by atoms with van der Waals surface area (Å²) < 4.78 is 10.0. The number of aliphatic carboxylic acids is 1. The molecule has 0 saturated carbocycles. The molecule has 0 aliphatic heterocycles. The Kier molecular flexibility index (Phi) is 5.17. The van der Waals surface area contributed by atoms with Crippen molar-refractivity contribution in [1.82, 2.24) is 0 Å². The summed E-state index contributed by atoms with van der Waals surface area (Å²) >= 11 is 0. The topological polar surface area (TPSA) is 76.7 Å². The number of carbonyl (C=O) groups excluding carboxylic acids is 1. The Balaban J connectivity index is 2.77. The van der Waals surface area contributed by atoms with E-state index in [9.17, 15) is 9.59 Å². The first-order valence-corrected chi connectivity index (χ1v) is 5.74. The summed E-state index contributed by atoms with van der Waals surface area (Å²) in [5.74, 6) is -2.00. The van der Waals surface area contributed by atoms with Crippen molar-refractivity contribution in [1.29, 1.82) is 0 Å². The van der Waals surface area contributed by atoms with Gasteiger partial charge in [0.15, 0.2) is 5.92 Å². The summed E-state index contributed by atoms with van der Waals surface area (Å²) in [5, 5.41) is 8.92. The molecule has 1 N–H and O–H groups in total. The molecule has 0 amide bonds. The number of hydrogen-bond acceptors (Lipinski definition) is 4. The lowest BCUT2D eigenvalue weighted by atomic mass is 10.1. The van der Waals surface area contributed by atoms with Crippen molar-refractivity contribution in [3.8, 4) is 0 Å². The molecule has 1 aromatic heterocycles. The average molecular weight is 252 g/mol. The van der Waals surface area contributed by atoms with Crippen LogP contribution in [-0.4, -0.2) is 23.7 Å². The van der Waals surface area contributed by atoms with Gasteiger partial charge >= 0.3 is 11.9 Å². The SMILES string of the molecule is CCOC(=O)C(C=Cc1ccc(CC)o1)C(=O)O. The van der Waals surface area contributed by atoms with Crippen LogP contribution in [0.5, 0.6) is 0 Å². The summed E-state index contributed by atoms with van der Waals surface area (Å²) in [5.41, 5.74) is 0. The Morgan fingerprint density at radius 3 is 2.67 bits per heavy atom. The van der Waals surface area contributed by atoms with E-state index < -0.39 is 17.9 Å². The maximum Gasteiger partial charge on any atom is 0.324 e. The predicted molar refractivity (Wildman–Crippen MR) is 64.9 cm³/mol. The Morgan fingerprint density at radius 2 is 2.17 bits per heavy atom. The highest BCUT2D eigenvalue weighted by molar-refractivity contribution is 5.96. The van der Waals surface area contributed by atoms with Crippen molar-refractivity contribution in [2.45, 2.75) is 20.3 Å². The lowest BCUT2D eigenvalue weighted by Crippen LogP contribution is -2.23. The van der Waals surface area contributed by atoms with E-state index in [4.69, 9.17) is 9.52 Å². The number of carboxylic acids is 1. The van der Waals surface area contributed by atoms with Gasteiger partial charge < -0.3 is 14.3 Å². The van der Waals surface area contributed by atoms with Gasteiger partial charge in [-0.3, -0.25) is 9.59 Å². The molecule has 0 saturated heterocycles. The highest BCUT2D eigenvalue weighted by Gasteiger charge is 2.24. The van der Waals surface area contributed by atoms with E-state index in [-0.39, 0.29) is 6.61 Å². The number of aryl methyl sites for hydroxylation is 1. The molecule has 0 aromatic carbocycles. The minimum absolute atomic E-state index is 0.150. The second-order valence-electron chi connectivity index (χ2n) is 3.58. The molecule has 18 heavy (non-hydrogen) atoms. The summed E-state index contributed by atoms with van der Waals surface area (Å²) in [7, 11) is 0. The van der Waals surface area contributed by atoms with Gasteiger partial charge in [0, 0.05) is 6.42 Å². The van der Waals surface area contributed by atoms with Crippen molar-refractivity contribution >= 4 is 18.0 Å². The minimum atomic E-state index is -1.31. The molecular weight excluding hydrogens is 236 g/mol. The summed E-state index contributed by atoms with van der Waals surface area (Å²) in [6.45, 7) is 3.72. The van der Waals surface area contributed by atoms with E-state index in [1.807, 2.05) is 6.92 Å². The number of furan rings is 1. The Morgan fingerprint density at radius 1 is 1.44 bits per heavy atom. The van der Waals surface area contributed by atoms with Crippen LogP contribution in [0, 0.1) is 5.92 Å². The first kappa shape index (κ1) is 14.0. The predicted octanol–water partition coefficient (Wildman–Crippen LogP) is 2.12. The van der Waals surface area contributed by atoms with Gasteiger partial charge in [-0.05, 0) is 25.1 Å². The number of rotatable bonds is 6. The van der Waals surface area contributed by atoms with E-state index in [0.717, 1.165) is 12.2 Å². The van der Waals surface area contributed by atoms with Crippen LogP contribution < -0.4 is 0 Å². The molecule has 1 rings (SSSR count). The zero-order chi connectivity index (χ0) is 13.5. The van der Waals surface area contributed by atoms with Gasteiger partial charge in [0.05, 0.1) is 6.61 Å². The molecule has 0 radical (unpaired) electrons. The first-order chi connectivity index (χ1) is 8.58. The molecule has 98 valence electrons. The number of esters is 1. The van der Waals surface area contributed by atoms with Gasteiger partial charge in [-0.2, -0.15) is 0 Å². The first-order valence-electron chi connectivity index (χ1n) is 5.74. The molecule has 1 atom stereocenters. The van der Waals surface area contributed by atoms with Gasteiger partial charge in [-0.1, -0.05) is 13.0 Å². The van der Waals surface area contributed by atoms with Gasteiger partial charge in [-0.25, -0.2) is 0 Å². The third-order valence-electron chi connectivity index (χ3n) is 2.29. The van der Waals surface area contributed by atoms with Crippen LogP contribution in [0.15, 0.2) is 22.6 Å². The molecule has 1 aromatic rings. The van der Waals surface area contributed by atoms with E-state index in [1.165, 1.54) is 12.2 Å². The highest BCUT2D eigenvalue weighted by Crippen LogP contribution is 2.12. The van der Waals surface area contributed by atoms with E-state index >= 15 is 0 Å². The molecule has 0 fully saturated rings. The second kappa shape index (κ2) is 6.64. The van der Waals surface area contributed by atoms with Gasteiger partial charge in [0.25, 0.3) is 0 Å². The molecule has 5 heteroatoms. The summed E-state index contributed by atoms with van der Waals surface area (Å²) in [6.07, 6.45) is 3.49. The van der Waals surface area contributed by atoms with Crippen LogP contribution in [-0.2, 0) is 20.7 Å². The number of ether oxygens (including phenoxy) is 1. The van der Waals surface area contributed by atoms with Gasteiger partial charge in [0.2, 0.25) is 0 Å². The monoisotopic (exact) mass is 252 g/mol. The minimum Gasteiger partial charge on any atom is -0.480 e. The lowest BCUT2D eigenvalue weighted by molar-refractivity contribution is -0.155. The van der Waals surface area contributed by atoms with Crippen LogP contribution in [0.25, 0.3) is 6.08 Å². The number of hydrogen-bond donors (Lipinski definition) is 1. The third kappa shape index (κ3) is 3.76. The van der Waals surface area contributed by atoms with Crippen molar-refractivity contribution in [3.05, 3.63) is 29.7 Å². The third-order valence-corrected chi connectivity index (χ3v) is 2.29. The number of carbonyl (C=O) groups is 2. The normalized spacial score (nSPS) is 12.6. The van der Waals surface area contributed by atoms with Crippen molar-refractivity contribution < 1.29 is 23.8 Å². The molecule has 0 spiro atoms. The maximum absolute atomic E-state index is 11.4. The summed E-state index contributed by atoms with van der Waals surface area (Å²) in [4.78, 5) is 22.3. The zero-order valence-corrected chi connectivity index (χ0v) is 10.4. The zero-order valence-electron chi connectivity index (χ0n) is 10.4. The second-order valence-corrected chi connectivity index (χ2v) is 3.58. The lowest BCUT2D eigenvalue weighted by Gasteiger charge is -2.05. The fraction of sp³-hybridized carbons (Fsp3) is 0.385. The van der Waals surface area contributed by atoms with Crippen molar-refractivity contribution in [3.63, 3.8) is 0 Å². The van der Waals surface area contributed by atoms with Gasteiger partial charge in [-0.15, -0.1) is 0 Å². The van der Waals surface area contributed by atoms with E-state index in [2.05, 4.69) is 4.74 Å². The molecule has 0 aliphatic rings. The Hall–Kier alpha value is -2.04. The van der Waals surface area contributed by atoms with Crippen molar-refractivity contribution in [2.75, 3.05) is 6.61 Å². The molecule has 1 unspecified atom stereocenters. The van der Waals surface area contributed by atoms with Crippen molar-refractivity contribution in [2.24, 2.45) is 5.92 Å². The fourth-order valence-corrected chi connectivity index (χ4v) is 1.36. The van der Waals surface area contributed by atoms with Crippen LogP contribution in [0.1, 0.15) is 25.4 Å². The number of carboxylic acid groups (broad SMARTS) is 1. The highest BCUT2D eigenvalue weighted by atomic mass is 16.5. The summed E-state index contributed by atoms with van der Waals surface area (Å²) in [6, 6.07) is 3.53. The Labute approximate surface area is 105 Å². The average Bonchev–Trinajstić information content (AvgIpc) is 2.77. The largest absolute Gasteiger partial charge is 0.480 e. The Bertz CT molecular complexity index is 444. The van der Waals surface area contributed by atoms with E-state index in [1.54, 1.807) is 19.1 Å². The van der Waals surface area contributed by atoms with Crippen LogP contribution in [0.3, 0.4) is 0 Å². The molecule has 0 bridgehead atoms. The van der Waals surface area contributed by atoms with Crippen LogP contribution in [0.4, 0.5) is 0 Å². The smallest absolute Gasteiger partial charge is 0.324 e. The van der Waals surface area contributed by atoms with Crippen LogP contribution in [0.2, 0.25) is 0 Å². The molecule has 1 heterocycles. The molecule has 0 aliphatic carbocycles. The fourth-order valence-electron chi connectivity index (χ4n) is 1.36. The van der Waals surface area contributed by atoms with E-state index in [0.29, 0.717) is 5.76 Å². The van der Waals surface area contributed by atoms with Crippen LogP contribution >= 0.6 is 0 Å². The maximum atomic E-state index is 11.4. The molecular formula is C13H16O5. The van der Waals surface area contributed by atoms with Gasteiger partial charge in [0.1, 0.15) is 11.5 Å². The molecule has 5 nitrogen and oxygen atoms in total. The standard InChI is InChI=1S/C13H16O5/c1-3-9-5-6-10(18-9)7-8-11(12(14)15)13(16)17-4-2/h5-8,11H,3-4H2,1-2H3,(H,14,15). The quantitative estimate of drug-likeness (QED) is 0.619.